The van der Waals surface area contributed by atoms with E-state index >= 15 is 0 Å². The largest absolute Gasteiger partial charge is 0.482 e. The van der Waals surface area contributed by atoms with E-state index in [9.17, 15) is 9.59 Å². The number of carbonyl (C=O) groups is 2. The molecule has 134 valence electrons. The molecule has 0 aliphatic carbocycles. The Morgan fingerprint density at radius 3 is 2.44 bits per heavy atom. The fourth-order valence-corrected chi connectivity index (χ4v) is 3.80. The zero-order valence-electron chi connectivity index (χ0n) is 14.3. The smallest absolute Gasteiger partial charge is 0.317 e. The second kappa shape index (κ2) is 6.46. The predicted molar refractivity (Wildman–Crippen MR) is 90.7 cm³/mol. The van der Waals surface area contributed by atoms with Gasteiger partial charge in [-0.2, -0.15) is 0 Å². The number of nitrogens with one attached hydrogen (secondary N) is 1. The van der Waals surface area contributed by atoms with Crippen LogP contribution in [0.25, 0.3) is 0 Å². The molecule has 0 radical (unpaired) electrons. The third-order valence-corrected chi connectivity index (χ3v) is 5.19. The number of likely N-dealkylation sites (tertiary alicyclic amines) is 1. The normalized spacial score (nSPS) is 26.5. The van der Waals surface area contributed by atoms with E-state index in [1.54, 1.807) is 0 Å². The van der Waals surface area contributed by atoms with Crippen molar-refractivity contribution in [3.05, 3.63) is 24.3 Å². The molecule has 2 atom stereocenters. The molecule has 0 saturated carbocycles. The molecular weight excluding hydrogens is 322 g/mol. The van der Waals surface area contributed by atoms with Gasteiger partial charge in [-0.15, -0.1) is 0 Å². The summed E-state index contributed by atoms with van der Waals surface area (Å²) in [7, 11) is 0. The molecule has 25 heavy (non-hydrogen) atoms. The van der Waals surface area contributed by atoms with Crippen molar-refractivity contribution in [3.63, 3.8) is 0 Å². The minimum atomic E-state index is -0.624. The van der Waals surface area contributed by atoms with E-state index in [0.717, 1.165) is 19.4 Å². The summed E-state index contributed by atoms with van der Waals surface area (Å²) in [4.78, 5) is 28.4. The standard InChI is InChI=1S/C18H23N3O4/c1-12-16(25-15-5-3-2-4-14(15)24-12)17(22)20-9-6-13(7-10-20)21-11-8-19-18(21)23/h2-5,12-13,16H,6-11H2,1H3,(H,19,23)/t12-,16+/m0/s1. The van der Waals surface area contributed by atoms with E-state index in [2.05, 4.69) is 5.32 Å². The van der Waals surface area contributed by atoms with Gasteiger partial charge in [-0.3, -0.25) is 4.79 Å². The SMILES string of the molecule is C[C@@H]1Oc2ccccc2O[C@H]1C(=O)N1CCC(N2CCNC2=O)CC1. The first-order chi connectivity index (χ1) is 12.1. The van der Waals surface area contributed by atoms with Crippen LogP contribution in [0.15, 0.2) is 24.3 Å². The van der Waals surface area contributed by atoms with E-state index in [0.29, 0.717) is 31.1 Å². The lowest BCUT2D eigenvalue weighted by Gasteiger charge is -2.39. The summed E-state index contributed by atoms with van der Waals surface area (Å²) in [5.74, 6) is 1.26. The van der Waals surface area contributed by atoms with Crippen LogP contribution in [0.4, 0.5) is 4.79 Å². The number of urea groups is 1. The summed E-state index contributed by atoms with van der Waals surface area (Å²) in [5.41, 5.74) is 0. The van der Waals surface area contributed by atoms with Crippen LogP contribution in [-0.4, -0.2) is 66.2 Å². The summed E-state index contributed by atoms with van der Waals surface area (Å²) in [6, 6.07) is 7.65. The van der Waals surface area contributed by atoms with Crippen LogP contribution < -0.4 is 14.8 Å². The first kappa shape index (κ1) is 16.1. The fourth-order valence-electron chi connectivity index (χ4n) is 3.80. The van der Waals surface area contributed by atoms with Crippen LogP contribution in [0, 0.1) is 0 Å². The molecular formula is C18H23N3O4. The van der Waals surface area contributed by atoms with Crippen molar-refractivity contribution in [1.29, 1.82) is 0 Å². The Hall–Kier alpha value is -2.44. The highest BCUT2D eigenvalue weighted by atomic mass is 16.6. The highest BCUT2D eigenvalue weighted by Crippen LogP contribution is 2.34. The molecule has 1 aromatic rings. The van der Waals surface area contributed by atoms with Gasteiger partial charge in [-0.25, -0.2) is 4.79 Å². The summed E-state index contributed by atoms with van der Waals surface area (Å²) in [5, 5.41) is 2.84. The van der Waals surface area contributed by atoms with Crippen molar-refractivity contribution in [2.75, 3.05) is 26.2 Å². The average molecular weight is 345 g/mol. The molecule has 1 N–H and O–H groups in total. The molecule has 3 aliphatic heterocycles. The number of hydrogen-bond acceptors (Lipinski definition) is 4. The van der Waals surface area contributed by atoms with Crippen LogP contribution in [0.1, 0.15) is 19.8 Å². The molecule has 2 fully saturated rings. The molecule has 7 nitrogen and oxygen atoms in total. The number of amides is 3. The summed E-state index contributed by atoms with van der Waals surface area (Å²) >= 11 is 0. The van der Waals surface area contributed by atoms with Crippen molar-refractivity contribution in [2.24, 2.45) is 0 Å². The van der Waals surface area contributed by atoms with Crippen molar-refractivity contribution in [2.45, 2.75) is 38.0 Å². The average Bonchev–Trinajstić information content (AvgIpc) is 3.06. The van der Waals surface area contributed by atoms with Gasteiger partial charge in [0.15, 0.2) is 11.5 Å². The molecule has 3 aliphatic rings. The van der Waals surface area contributed by atoms with Crippen LogP contribution in [0.5, 0.6) is 11.5 Å². The van der Waals surface area contributed by atoms with E-state index < -0.39 is 6.10 Å². The Kier molecular flexibility index (Phi) is 4.15. The lowest BCUT2D eigenvalue weighted by molar-refractivity contribution is -0.145. The Morgan fingerprint density at radius 1 is 1.12 bits per heavy atom. The van der Waals surface area contributed by atoms with Crippen LogP contribution in [0.2, 0.25) is 0 Å². The number of piperidine rings is 1. The van der Waals surface area contributed by atoms with E-state index in [4.69, 9.17) is 9.47 Å². The molecule has 7 heteroatoms. The molecule has 3 heterocycles. The van der Waals surface area contributed by atoms with Gasteiger partial charge in [0.25, 0.3) is 5.91 Å². The maximum atomic E-state index is 12.9. The number of ether oxygens (including phenoxy) is 2. The highest BCUT2D eigenvalue weighted by Gasteiger charge is 2.39. The second-order valence-electron chi connectivity index (χ2n) is 6.79. The van der Waals surface area contributed by atoms with Crippen molar-refractivity contribution in [1.82, 2.24) is 15.1 Å². The van der Waals surface area contributed by atoms with Crippen LogP contribution >= 0.6 is 0 Å². The third-order valence-electron chi connectivity index (χ3n) is 5.19. The summed E-state index contributed by atoms with van der Waals surface area (Å²) in [6.07, 6.45) is 0.654. The van der Waals surface area contributed by atoms with Crippen LogP contribution in [-0.2, 0) is 4.79 Å². The quantitative estimate of drug-likeness (QED) is 0.875. The van der Waals surface area contributed by atoms with Gasteiger partial charge in [0.05, 0.1) is 0 Å². The highest BCUT2D eigenvalue weighted by molar-refractivity contribution is 5.82. The number of hydrogen-bond donors (Lipinski definition) is 1. The number of benzene rings is 1. The minimum Gasteiger partial charge on any atom is -0.482 e. The Morgan fingerprint density at radius 2 is 1.80 bits per heavy atom. The molecule has 0 unspecified atom stereocenters. The second-order valence-corrected chi connectivity index (χ2v) is 6.79. The van der Waals surface area contributed by atoms with Crippen molar-refractivity contribution < 1.29 is 19.1 Å². The lowest BCUT2D eigenvalue weighted by atomic mass is 10.0. The molecule has 4 rings (SSSR count). The van der Waals surface area contributed by atoms with E-state index in [1.165, 1.54) is 0 Å². The monoisotopic (exact) mass is 345 g/mol. The predicted octanol–water partition coefficient (Wildman–Crippen LogP) is 1.23. The van der Waals surface area contributed by atoms with Gasteiger partial charge in [-0.05, 0) is 31.9 Å². The lowest BCUT2D eigenvalue weighted by Crippen LogP contribution is -2.54. The number of carbonyl (C=O) groups excluding carboxylic acids is 2. The topological polar surface area (TPSA) is 71.1 Å². The van der Waals surface area contributed by atoms with Gasteiger partial charge in [0.1, 0.15) is 6.10 Å². The van der Waals surface area contributed by atoms with Gasteiger partial charge in [0.2, 0.25) is 6.10 Å². The maximum absolute atomic E-state index is 12.9. The third kappa shape index (κ3) is 2.99. The minimum absolute atomic E-state index is 0.0130. The van der Waals surface area contributed by atoms with E-state index in [-0.39, 0.29) is 24.1 Å². The molecule has 0 bridgehead atoms. The van der Waals surface area contributed by atoms with Gasteiger partial charge in [0, 0.05) is 32.2 Å². The first-order valence-electron chi connectivity index (χ1n) is 8.89. The molecule has 0 aromatic heterocycles. The summed E-state index contributed by atoms with van der Waals surface area (Å²) < 4.78 is 11.8. The number of para-hydroxylation sites is 2. The van der Waals surface area contributed by atoms with Gasteiger partial charge in [-0.1, -0.05) is 12.1 Å². The Balaban J connectivity index is 1.38. The number of fused-ring (bicyclic) bond motifs is 1. The van der Waals surface area contributed by atoms with Gasteiger partial charge >= 0.3 is 6.03 Å². The zero-order chi connectivity index (χ0) is 17.4. The van der Waals surface area contributed by atoms with Crippen molar-refractivity contribution in [3.8, 4) is 11.5 Å². The van der Waals surface area contributed by atoms with E-state index in [1.807, 2.05) is 41.0 Å². The molecule has 2 saturated heterocycles. The maximum Gasteiger partial charge on any atom is 0.317 e. The van der Waals surface area contributed by atoms with Crippen molar-refractivity contribution >= 4 is 11.9 Å². The van der Waals surface area contributed by atoms with Gasteiger partial charge < -0.3 is 24.6 Å². The zero-order valence-corrected chi connectivity index (χ0v) is 14.3. The Labute approximate surface area is 146 Å². The molecule has 0 spiro atoms. The molecule has 3 amide bonds. The molecule has 1 aromatic carbocycles. The first-order valence-corrected chi connectivity index (χ1v) is 8.89. The van der Waals surface area contributed by atoms with Crippen LogP contribution in [0.3, 0.4) is 0 Å². The summed E-state index contributed by atoms with van der Waals surface area (Å²) in [6.45, 7) is 4.61. The fraction of sp³-hybridized carbons (Fsp3) is 0.556. The number of nitrogens with zero attached hydrogens (tertiary/aromatic N) is 2. The Bertz CT molecular complexity index is 672. The number of rotatable bonds is 2.